The van der Waals surface area contributed by atoms with E-state index in [1.54, 1.807) is 0 Å². The summed E-state index contributed by atoms with van der Waals surface area (Å²) in [5, 5.41) is 2.45. The van der Waals surface area contributed by atoms with Crippen molar-refractivity contribution in [1.82, 2.24) is 9.55 Å². The Balaban J connectivity index is 0.00000492. The summed E-state index contributed by atoms with van der Waals surface area (Å²) in [5.74, 6) is 0. The molecule has 0 saturated heterocycles. The number of hydrogen-bond donors (Lipinski definition) is 0. The number of pyridine rings is 1. The quantitative estimate of drug-likeness (QED) is 0.145. The van der Waals surface area contributed by atoms with Crippen molar-refractivity contribution in [2.45, 2.75) is 18.3 Å². The molecule has 0 amide bonds. The van der Waals surface area contributed by atoms with E-state index >= 15 is 0 Å². The molecule has 0 atom stereocenters. The third kappa shape index (κ3) is 7.23. The van der Waals surface area contributed by atoms with Crippen LogP contribution in [0, 0.1) is 6.07 Å². The summed E-state index contributed by atoms with van der Waals surface area (Å²) < 4.78 is 2.42. The van der Waals surface area contributed by atoms with Crippen LogP contribution in [0.4, 0.5) is 0 Å². The van der Waals surface area contributed by atoms with Crippen LogP contribution in [0.2, 0.25) is 0 Å². The summed E-state index contributed by atoms with van der Waals surface area (Å²) in [5.41, 5.74) is 26.1. The van der Waals surface area contributed by atoms with Crippen molar-refractivity contribution >= 4 is 21.8 Å². The third-order valence-corrected chi connectivity index (χ3v) is 15.2. The molecular formula is C68H45IrN2-. The molecule has 12 aromatic rings. The average molecular weight is 1080 g/mol. The van der Waals surface area contributed by atoms with Crippen molar-refractivity contribution < 1.29 is 20.1 Å². The summed E-state index contributed by atoms with van der Waals surface area (Å²) in [4.78, 5) is 4.64. The Morgan fingerprint density at radius 3 is 1.44 bits per heavy atom. The van der Waals surface area contributed by atoms with Crippen molar-refractivity contribution in [3.8, 4) is 83.7 Å². The molecule has 2 aliphatic rings. The van der Waals surface area contributed by atoms with Crippen molar-refractivity contribution in [3.05, 3.63) is 277 Å². The summed E-state index contributed by atoms with van der Waals surface area (Å²) >= 11 is 0. The SMILES string of the molecule is [Ir].[c-]1ccccc1-c1cc(-c2ccc(-c3ccc4c(c3)c3cc(-c5ccc(-c6ccc7c(c6)CC6(C7)c7ccccc7-c7ccccc76)cc5)ccc3n4-c3ccc(-c4ccccc4)cc3)cc2)ccn1. The zero-order valence-electron chi connectivity index (χ0n) is 38.8. The number of hydrogen-bond acceptors (Lipinski definition) is 1. The third-order valence-electron chi connectivity index (χ3n) is 15.2. The first-order valence-electron chi connectivity index (χ1n) is 24.3. The van der Waals surface area contributed by atoms with Crippen LogP contribution < -0.4 is 0 Å². The number of benzene rings is 10. The number of rotatable bonds is 7. The molecule has 1 radical (unpaired) electrons. The van der Waals surface area contributed by atoms with Gasteiger partial charge in [-0.15, -0.1) is 35.9 Å². The fourth-order valence-corrected chi connectivity index (χ4v) is 11.8. The van der Waals surface area contributed by atoms with Gasteiger partial charge in [0.25, 0.3) is 0 Å². The smallest absolute Gasteiger partial charge is 0.0541 e. The summed E-state index contributed by atoms with van der Waals surface area (Å²) in [6.07, 6.45) is 3.96. The topological polar surface area (TPSA) is 17.8 Å². The van der Waals surface area contributed by atoms with Crippen molar-refractivity contribution in [3.63, 3.8) is 0 Å². The van der Waals surface area contributed by atoms with E-state index in [1.807, 2.05) is 24.4 Å². The van der Waals surface area contributed by atoms with Gasteiger partial charge < -0.3 is 9.55 Å². The maximum Gasteiger partial charge on any atom is 0.0541 e. The second kappa shape index (κ2) is 17.3. The summed E-state index contributed by atoms with van der Waals surface area (Å²) in [6, 6.07) is 92.5. The standard InChI is InChI=1S/C68H45N2.Ir/c1-3-11-45(12-4-1)46-29-33-58(34-30-46)70-66-35-31-53(40-61(66)62-41-54(32-36-67(62)70)49-23-25-50(26-24-49)55-37-38-69-65(42-55)51-13-5-2-6-14-51)48-21-19-47(20-22-48)52-27-28-56-43-68(44-57(56)39-52)63-17-9-7-15-59(63)60-16-8-10-18-64(60)68;/h1-13,15-42H,43-44H2;/q-1;. The van der Waals surface area contributed by atoms with E-state index in [0.29, 0.717) is 0 Å². The van der Waals surface area contributed by atoms with Crippen LogP contribution in [0.1, 0.15) is 22.3 Å². The normalized spacial score (nSPS) is 13.0. The predicted octanol–water partition coefficient (Wildman–Crippen LogP) is 17.0. The minimum Gasteiger partial charge on any atom is -0.309 e. The minimum atomic E-state index is 0. The molecule has 14 rings (SSSR count). The van der Waals surface area contributed by atoms with Crippen molar-refractivity contribution in [1.29, 1.82) is 0 Å². The Hall–Kier alpha value is -8.20. The van der Waals surface area contributed by atoms with Crippen molar-refractivity contribution in [2.24, 2.45) is 0 Å². The first kappa shape index (κ1) is 42.9. The molecule has 0 fully saturated rings. The zero-order valence-corrected chi connectivity index (χ0v) is 41.2. The van der Waals surface area contributed by atoms with Gasteiger partial charge in [-0.1, -0.05) is 176 Å². The maximum atomic E-state index is 4.64. The molecule has 2 aliphatic carbocycles. The number of fused-ring (bicyclic) bond motifs is 9. The second-order valence-corrected chi connectivity index (χ2v) is 19.1. The van der Waals surface area contributed by atoms with Gasteiger partial charge in [0.15, 0.2) is 0 Å². The van der Waals surface area contributed by atoms with E-state index in [2.05, 4.69) is 240 Å². The Morgan fingerprint density at radius 2 is 0.845 bits per heavy atom. The van der Waals surface area contributed by atoms with Gasteiger partial charge in [0, 0.05) is 48.2 Å². The minimum absolute atomic E-state index is 0. The maximum absolute atomic E-state index is 4.64. The molecule has 0 bridgehead atoms. The Kier molecular flexibility index (Phi) is 10.5. The van der Waals surface area contributed by atoms with Crippen LogP contribution in [0.3, 0.4) is 0 Å². The number of nitrogens with zero attached hydrogens (tertiary/aromatic N) is 2. The zero-order chi connectivity index (χ0) is 46.2. The predicted molar refractivity (Wildman–Crippen MR) is 290 cm³/mol. The van der Waals surface area contributed by atoms with Gasteiger partial charge in [-0.3, -0.25) is 0 Å². The molecule has 2 nitrogen and oxygen atoms in total. The summed E-state index contributed by atoms with van der Waals surface area (Å²) in [7, 11) is 0. The molecule has 0 unspecified atom stereocenters. The molecule has 2 heterocycles. The van der Waals surface area contributed by atoms with Crippen LogP contribution in [-0.2, 0) is 38.4 Å². The molecule has 0 saturated carbocycles. The fourth-order valence-electron chi connectivity index (χ4n) is 11.8. The van der Waals surface area contributed by atoms with E-state index < -0.39 is 0 Å². The Bertz CT molecular complexity index is 3920. The average Bonchev–Trinajstić information content (AvgIpc) is 4.08. The van der Waals surface area contributed by atoms with Gasteiger partial charge in [-0.25, -0.2) is 0 Å². The first-order valence-corrected chi connectivity index (χ1v) is 24.3. The van der Waals surface area contributed by atoms with Gasteiger partial charge in [-0.05, 0) is 150 Å². The number of aromatic nitrogens is 2. The fraction of sp³-hybridized carbons (Fsp3) is 0.0441. The molecule has 71 heavy (non-hydrogen) atoms. The van der Waals surface area contributed by atoms with E-state index in [9.17, 15) is 0 Å². The molecule has 337 valence electrons. The van der Waals surface area contributed by atoms with Crippen LogP contribution in [-0.4, -0.2) is 9.55 Å². The molecule has 1 spiro atoms. The monoisotopic (exact) mass is 1080 g/mol. The van der Waals surface area contributed by atoms with Gasteiger partial charge >= 0.3 is 0 Å². The largest absolute Gasteiger partial charge is 0.309 e. The van der Waals surface area contributed by atoms with Gasteiger partial charge in [0.05, 0.1) is 11.0 Å². The van der Waals surface area contributed by atoms with E-state index in [1.165, 1.54) is 99.7 Å². The van der Waals surface area contributed by atoms with Crippen LogP contribution in [0.5, 0.6) is 0 Å². The van der Waals surface area contributed by atoms with Crippen LogP contribution >= 0.6 is 0 Å². The molecule has 10 aromatic carbocycles. The molecule has 0 aliphatic heterocycles. The van der Waals surface area contributed by atoms with E-state index in [-0.39, 0.29) is 25.5 Å². The van der Waals surface area contributed by atoms with Gasteiger partial charge in [0.1, 0.15) is 0 Å². The van der Waals surface area contributed by atoms with E-state index in [0.717, 1.165) is 40.9 Å². The Labute approximate surface area is 428 Å². The molecule has 2 aromatic heterocycles. The van der Waals surface area contributed by atoms with Crippen LogP contribution in [0.15, 0.2) is 249 Å². The van der Waals surface area contributed by atoms with Gasteiger partial charge in [-0.2, -0.15) is 0 Å². The Morgan fingerprint density at radius 1 is 0.380 bits per heavy atom. The van der Waals surface area contributed by atoms with Crippen LogP contribution in [0.25, 0.3) is 106 Å². The molecule has 0 N–H and O–H groups in total. The van der Waals surface area contributed by atoms with E-state index in [4.69, 9.17) is 0 Å². The second-order valence-electron chi connectivity index (χ2n) is 19.1. The molecule has 3 heteroatoms. The van der Waals surface area contributed by atoms with Crippen molar-refractivity contribution in [2.75, 3.05) is 0 Å². The first-order chi connectivity index (χ1) is 34.6. The molecular weight excluding hydrogens is 1040 g/mol. The van der Waals surface area contributed by atoms with Gasteiger partial charge in [0.2, 0.25) is 0 Å². The summed E-state index contributed by atoms with van der Waals surface area (Å²) in [6.45, 7) is 0.